The van der Waals surface area contributed by atoms with Crippen LogP contribution in [-0.4, -0.2) is 11.7 Å². The van der Waals surface area contributed by atoms with Crippen LogP contribution in [0.5, 0.6) is 0 Å². The number of alkyl halides is 1. The third-order valence-electron chi connectivity index (χ3n) is 3.34. The van der Waals surface area contributed by atoms with E-state index < -0.39 is 5.67 Å². The average molecular weight is 304 g/mol. The summed E-state index contributed by atoms with van der Waals surface area (Å²) in [4.78, 5) is 0. The van der Waals surface area contributed by atoms with E-state index in [0.717, 1.165) is 17.3 Å². The third kappa shape index (κ3) is 3.26. The highest BCUT2D eigenvalue weighted by Crippen LogP contribution is 2.36. The summed E-state index contributed by atoms with van der Waals surface area (Å²) in [6.07, 6.45) is 2.82. The van der Waals surface area contributed by atoms with Gasteiger partial charge in [0.1, 0.15) is 11.5 Å². The normalized spacial score (nSPS) is 29.3. The van der Waals surface area contributed by atoms with Crippen molar-refractivity contribution in [3.8, 4) is 0 Å². The van der Waals surface area contributed by atoms with E-state index in [4.69, 9.17) is 5.73 Å². The molecular formula is C13H16BrF2N. The van der Waals surface area contributed by atoms with E-state index in [1.165, 1.54) is 12.1 Å². The van der Waals surface area contributed by atoms with Crippen LogP contribution in [0.25, 0.3) is 0 Å². The molecule has 94 valence electrons. The van der Waals surface area contributed by atoms with Crippen LogP contribution in [-0.2, 0) is 6.42 Å². The fourth-order valence-electron chi connectivity index (χ4n) is 2.54. The van der Waals surface area contributed by atoms with Crippen molar-refractivity contribution >= 4 is 15.9 Å². The van der Waals surface area contributed by atoms with Gasteiger partial charge >= 0.3 is 0 Å². The molecule has 0 saturated heterocycles. The molecular weight excluding hydrogens is 288 g/mol. The molecule has 0 radical (unpaired) electrons. The lowest BCUT2D eigenvalue weighted by Crippen LogP contribution is -2.39. The first-order valence-corrected chi connectivity index (χ1v) is 6.66. The molecule has 0 amide bonds. The maximum Gasteiger partial charge on any atom is 0.123 e. The van der Waals surface area contributed by atoms with Crippen molar-refractivity contribution in [1.82, 2.24) is 0 Å². The highest BCUT2D eigenvalue weighted by molar-refractivity contribution is 9.10. The first-order valence-electron chi connectivity index (χ1n) is 5.87. The molecule has 0 aliphatic heterocycles. The fourth-order valence-corrected chi connectivity index (χ4v) is 2.92. The topological polar surface area (TPSA) is 26.0 Å². The predicted molar refractivity (Wildman–Crippen MR) is 68.1 cm³/mol. The molecule has 1 aliphatic carbocycles. The second-order valence-electron chi connectivity index (χ2n) is 4.92. The molecule has 0 heterocycles. The van der Waals surface area contributed by atoms with Crippen LogP contribution >= 0.6 is 15.9 Å². The highest BCUT2D eigenvalue weighted by Gasteiger charge is 2.35. The van der Waals surface area contributed by atoms with Gasteiger partial charge in [0.2, 0.25) is 0 Å². The van der Waals surface area contributed by atoms with Gasteiger partial charge in [-0.05, 0) is 49.4 Å². The van der Waals surface area contributed by atoms with E-state index in [-0.39, 0.29) is 18.3 Å². The minimum Gasteiger partial charge on any atom is -0.328 e. The van der Waals surface area contributed by atoms with Crippen LogP contribution in [0.4, 0.5) is 8.78 Å². The quantitative estimate of drug-likeness (QED) is 0.885. The zero-order valence-electron chi connectivity index (χ0n) is 9.56. The van der Waals surface area contributed by atoms with Crippen molar-refractivity contribution in [2.45, 2.75) is 43.8 Å². The van der Waals surface area contributed by atoms with Crippen molar-refractivity contribution in [2.75, 3.05) is 0 Å². The van der Waals surface area contributed by atoms with Gasteiger partial charge in [-0.2, -0.15) is 0 Å². The Morgan fingerprint density at radius 2 is 2.24 bits per heavy atom. The standard InChI is InChI=1S/C13H16BrF2N/c14-12-4-3-10(15)6-9(12)7-13(16)5-1-2-11(17)8-13/h3-4,6,11H,1-2,5,7-8,17H2. The molecule has 1 saturated carbocycles. The largest absolute Gasteiger partial charge is 0.328 e. The number of benzene rings is 1. The Balaban J connectivity index is 2.16. The first-order chi connectivity index (χ1) is 7.98. The third-order valence-corrected chi connectivity index (χ3v) is 4.12. The molecule has 2 N–H and O–H groups in total. The van der Waals surface area contributed by atoms with Crippen molar-refractivity contribution in [3.05, 3.63) is 34.1 Å². The molecule has 0 spiro atoms. The Labute approximate surface area is 109 Å². The van der Waals surface area contributed by atoms with Crippen LogP contribution in [0, 0.1) is 5.82 Å². The number of rotatable bonds is 2. The van der Waals surface area contributed by atoms with E-state index in [0.29, 0.717) is 18.4 Å². The molecule has 1 nitrogen and oxygen atoms in total. The zero-order chi connectivity index (χ0) is 12.5. The lowest BCUT2D eigenvalue weighted by Gasteiger charge is -2.33. The fraction of sp³-hybridized carbons (Fsp3) is 0.538. The van der Waals surface area contributed by atoms with E-state index in [1.807, 2.05) is 0 Å². The summed E-state index contributed by atoms with van der Waals surface area (Å²) < 4.78 is 28.5. The van der Waals surface area contributed by atoms with Crippen LogP contribution in [0.2, 0.25) is 0 Å². The van der Waals surface area contributed by atoms with Gasteiger partial charge in [-0.25, -0.2) is 8.78 Å². The molecule has 4 heteroatoms. The maximum atomic E-state index is 14.6. The van der Waals surface area contributed by atoms with Gasteiger partial charge in [-0.3, -0.25) is 0 Å². The van der Waals surface area contributed by atoms with Crippen LogP contribution < -0.4 is 5.73 Å². The second kappa shape index (κ2) is 5.02. The van der Waals surface area contributed by atoms with Gasteiger partial charge in [0.15, 0.2) is 0 Å². The summed E-state index contributed by atoms with van der Waals surface area (Å²) in [5.41, 5.74) is 5.20. The van der Waals surface area contributed by atoms with Crippen molar-refractivity contribution in [1.29, 1.82) is 0 Å². The lowest BCUT2D eigenvalue weighted by atomic mass is 9.80. The summed E-state index contributed by atoms with van der Waals surface area (Å²) in [5.74, 6) is -0.327. The minimum absolute atomic E-state index is 0.0684. The van der Waals surface area contributed by atoms with Crippen molar-refractivity contribution < 1.29 is 8.78 Å². The molecule has 2 rings (SSSR count). The zero-order valence-corrected chi connectivity index (χ0v) is 11.1. The predicted octanol–water partition coefficient (Wildman–Crippen LogP) is 3.74. The summed E-state index contributed by atoms with van der Waals surface area (Å²) >= 11 is 3.33. The molecule has 0 bridgehead atoms. The number of nitrogens with two attached hydrogens (primary N) is 1. The first kappa shape index (κ1) is 13.0. The van der Waals surface area contributed by atoms with E-state index in [2.05, 4.69) is 15.9 Å². The van der Waals surface area contributed by atoms with Gasteiger partial charge in [0.05, 0.1) is 0 Å². The molecule has 2 unspecified atom stereocenters. The molecule has 1 fully saturated rings. The minimum atomic E-state index is -1.28. The Hall–Kier alpha value is -0.480. The molecule has 17 heavy (non-hydrogen) atoms. The van der Waals surface area contributed by atoms with Gasteiger partial charge in [0, 0.05) is 16.9 Å². The Morgan fingerprint density at radius 3 is 2.94 bits per heavy atom. The average Bonchev–Trinajstić information content (AvgIpc) is 2.22. The van der Waals surface area contributed by atoms with Gasteiger partial charge in [-0.15, -0.1) is 0 Å². The van der Waals surface area contributed by atoms with Gasteiger partial charge < -0.3 is 5.73 Å². The maximum absolute atomic E-state index is 14.6. The monoisotopic (exact) mass is 303 g/mol. The van der Waals surface area contributed by atoms with Gasteiger partial charge in [0.25, 0.3) is 0 Å². The number of halogens is 3. The van der Waals surface area contributed by atoms with Crippen LogP contribution in [0.15, 0.2) is 22.7 Å². The van der Waals surface area contributed by atoms with Crippen LogP contribution in [0.1, 0.15) is 31.2 Å². The highest BCUT2D eigenvalue weighted by atomic mass is 79.9. The van der Waals surface area contributed by atoms with E-state index in [9.17, 15) is 8.78 Å². The Kier molecular flexibility index (Phi) is 3.83. The number of hydrogen-bond acceptors (Lipinski definition) is 1. The molecule has 1 aromatic rings. The van der Waals surface area contributed by atoms with E-state index in [1.54, 1.807) is 6.07 Å². The lowest BCUT2D eigenvalue weighted by molar-refractivity contribution is 0.0962. The van der Waals surface area contributed by atoms with Crippen molar-refractivity contribution in [3.63, 3.8) is 0 Å². The summed E-state index contributed by atoms with van der Waals surface area (Å²) in [7, 11) is 0. The summed E-state index contributed by atoms with van der Waals surface area (Å²) in [6.45, 7) is 0. The Morgan fingerprint density at radius 1 is 1.47 bits per heavy atom. The SMILES string of the molecule is NC1CCCC(F)(Cc2cc(F)ccc2Br)C1. The van der Waals surface area contributed by atoms with Gasteiger partial charge in [-0.1, -0.05) is 15.9 Å². The Bertz CT molecular complexity index is 410. The molecule has 1 aromatic carbocycles. The summed E-state index contributed by atoms with van der Waals surface area (Å²) in [6, 6.07) is 4.31. The molecule has 2 atom stereocenters. The van der Waals surface area contributed by atoms with E-state index >= 15 is 0 Å². The van der Waals surface area contributed by atoms with Crippen LogP contribution in [0.3, 0.4) is 0 Å². The molecule has 1 aliphatic rings. The van der Waals surface area contributed by atoms with Crippen molar-refractivity contribution in [2.24, 2.45) is 5.73 Å². The second-order valence-corrected chi connectivity index (χ2v) is 5.77. The number of hydrogen-bond donors (Lipinski definition) is 1. The molecule has 0 aromatic heterocycles. The smallest absolute Gasteiger partial charge is 0.123 e. The summed E-state index contributed by atoms with van der Waals surface area (Å²) in [5, 5.41) is 0.